The number of thiazole rings is 1. The van der Waals surface area contributed by atoms with E-state index in [1.807, 2.05) is 25.1 Å². The highest BCUT2D eigenvalue weighted by atomic mass is 35.5. The summed E-state index contributed by atoms with van der Waals surface area (Å²) in [6.07, 6.45) is 0. The highest BCUT2D eigenvalue weighted by Gasteiger charge is 2.16. The Hall–Kier alpha value is -2.16. The van der Waals surface area contributed by atoms with Gasteiger partial charge in [0, 0.05) is 5.02 Å². The molecule has 0 atom stereocenters. The minimum Gasteiger partial charge on any atom is -0.468 e. The maximum atomic E-state index is 12.6. The fourth-order valence-corrected chi connectivity index (χ4v) is 4.82. The van der Waals surface area contributed by atoms with Crippen LogP contribution in [-0.2, 0) is 26.1 Å². The minimum absolute atomic E-state index is 0.0279. The zero-order valence-electron chi connectivity index (χ0n) is 14.0. The molecule has 3 aromatic rings. The number of methoxy groups -OCH3 is 1. The number of aryl methyl sites for hydroxylation is 1. The highest BCUT2D eigenvalue weighted by molar-refractivity contribution is 7.90. The van der Waals surface area contributed by atoms with Gasteiger partial charge in [-0.2, -0.15) is 8.42 Å². The van der Waals surface area contributed by atoms with Gasteiger partial charge in [-0.15, -0.1) is 4.40 Å². The third kappa shape index (κ3) is 3.82. The van der Waals surface area contributed by atoms with Crippen LogP contribution in [0.2, 0.25) is 5.02 Å². The lowest BCUT2D eigenvalue weighted by atomic mass is 10.2. The van der Waals surface area contributed by atoms with Crippen molar-refractivity contribution in [1.82, 2.24) is 4.57 Å². The van der Waals surface area contributed by atoms with Crippen molar-refractivity contribution in [3.05, 3.63) is 57.9 Å². The lowest BCUT2D eigenvalue weighted by Crippen LogP contribution is -2.22. The van der Waals surface area contributed by atoms with E-state index >= 15 is 0 Å². The van der Waals surface area contributed by atoms with Gasteiger partial charge in [-0.05, 0) is 48.9 Å². The van der Waals surface area contributed by atoms with Crippen LogP contribution in [0.4, 0.5) is 0 Å². The summed E-state index contributed by atoms with van der Waals surface area (Å²) in [4.78, 5) is 12.0. The normalized spacial score (nSPS) is 12.5. The van der Waals surface area contributed by atoms with E-state index in [4.69, 9.17) is 16.3 Å². The van der Waals surface area contributed by atoms with E-state index in [0.29, 0.717) is 5.02 Å². The van der Waals surface area contributed by atoms with E-state index < -0.39 is 16.0 Å². The second-order valence-corrected chi connectivity index (χ2v) is 8.59. The molecule has 26 heavy (non-hydrogen) atoms. The van der Waals surface area contributed by atoms with Crippen LogP contribution in [0.15, 0.2) is 51.8 Å². The largest absolute Gasteiger partial charge is 0.468 e. The van der Waals surface area contributed by atoms with Crippen LogP contribution >= 0.6 is 22.9 Å². The average molecular weight is 411 g/mol. The number of hydrogen-bond donors (Lipinski definition) is 0. The molecule has 9 heteroatoms. The third-order valence-corrected chi connectivity index (χ3v) is 6.35. The molecule has 0 saturated heterocycles. The molecule has 2 aromatic carbocycles. The maximum absolute atomic E-state index is 12.6. The summed E-state index contributed by atoms with van der Waals surface area (Å²) in [5.41, 5.74) is 1.74. The van der Waals surface area contributed by atoms with Gasteiger partial charge in [0.1, 0.15) is 6.54 Å². The molecular formula is C17H15ClN2O4S2. The van der Waals surface area contributed by atoms with Gasteiger partial charge in [-0.1, -0.05) is 29.0 Å². The van der Waals surface area contributed by atoms with Crippen molar-refractivity contribution < 1.29 is 17.9 Å². The summed E-state index contributed by atoms with van der Waals surface area (Å²) < 4.78 is 36.3. The molecular weight excluding hydrogens is 396 g/mol. The Labute approximate surface area is 159 Å². The molecule has 0 radical (unpaired) electrons. The van der Waals surface area contributed by atoms with Crippen LogP contribution in [0.3, 0.4) is 0 Å². The summed E-state index contributed by atoms with van der Waals surface area (Å²) in [6.45, 7) is 1.81. The fourth-order valence-electron chi connectivity index (χ4n) is 2.36. The van der Waals surface area contributed by atoms with Crippen LogP contribution in [0, 0.1) is 6.92 Å². The van der Waals surface area contributed by atoms with E-state index in [1.54, 1.807) is 4.57 Å². The molecule has 0 fully saturated rings. The van der Waals surface area contributed by atoms with Crippen LogP contribution < -0.4 is 4.80 Å². The van der Waals surface area contributed by atoms with Gasteiger partial charge in [-0.3, -0.25) is 4.79 Å². The Balaban J connectivity index is 2.22. The Morgan fingerprint density at radius 2 is 1.92 bits per heavy atom. The van der Waals surface area contributed by atoms with Gasteiger partial charge >= 0.3 is 5.97 Å². The van der Waals surface area contributed by atoms with Gasteiger partial charge in [-0.25, -0.2) is 0 Å². The van der Waals surface area contributed by atoms with E-state index in [9.17, 15) is 13.2 Å². The number of sulfonamides is 1. The predicted molar refractivity (Wildman–Crippen MR) is 101 cm³/mol. The Morgan fingerprint density at radius 1 is 1.23 bits per heavy atom. The first-order valence-corrected chi connectivity index (χ1v) is 10.2. The number of carbonyl (C=O) groups is 1. The molecule has 0 aliphatic rings. The molecule has 0 aliphatic heterocycles. The Kier molecular flexibility index (Phi) is 5.17. The summed E-state index contributed by atoms with van der Waals surface area (Å²) in [5.74, 6) is -0.490. The first-order valence-electron chi connectivity index (χ1n) is 7.53. The van der Waals surface area contributed by atoms with Crippen LogP contribution in [0.1, 0.15) is 5.56 Å². The average Bonchev–Trinajstić information content (AvgIpc) is 2.90. The predicted octanol–water partition coefficient (Wildman–Crippen LogP) is 3.13. The first-order chi connectivity index (χ1) is 12.3. The zero-order chi connectivity index (χ0) is 18.9. The van der Waals surface area contributed by atoms with E-state index in [-0.39, 0.29) is 16.2 Å². The van der Waals surface area contributed by atoms with Crippen LogP contribution in [0.25, 0.3) is 10.2 Å². The molecule has 1 aromatic heterocycles. The number of hydrogen-bond acceptors (Lipinski definition) is 5. The summed E-state index contributed by atoms with van der Waals surface area (Å²) >= 11 is 7.01. The van der Waals surface area contributed by atoms with Crippen molar-refractivity contribution in [2.24, 2.45) is 4.40 Å². The topological polar surface area (TPSA) is 77.7 Å². The number of fused-ring (bicyclic) bond motifs is 1. The SMILES string of the molecule is COC(=O)Cn1c(=NS(=O)(=O)c2ccc(Cl)cc2)sc2cc(C)ccc21. The van der Waals surface area contributed by atoms with Gasteiger partial charge in [0.2, 0.25) is 4.80 Å². The van der Waals surface area contributed by atoms with Crippen LogP contribution in [-0.4, -0.2) is 26.1 Å². The molecule has 0 amide bonds. The number of rotatable bonds is 4. The van der Waals surface area contributed by atoms with Gasteiger partial charge in [0.25, 0.3) is 10.0 Å². The zero-order valence-corrected chi connectivity index (χ0v) is 16.4. The van der Waals surface area contributed by atoms with Gasteiger partial charge in [0.15, 0.2) is 0 Å². The lowest BCUT2D eigenvalue weighted by Gasteiger charge is -2.04. The molecule has 0 spiro atoms. The summed E-state index contributed by atoms with van der Waals surface area (Å²) in [7, 11) is -2.67. The number of benzene rings is 2. The minimum atomic E-state index is -3.95. The van der Waals surface area contributed by atoms with E-state index in [2.05, 4.69) is 4.40 Å². The molecule has 0 aliphatic carbocycles. The number of aromatic nitrogens is 1. The molecule has 0 saturated carbocycles. The van der Waals surface area contributed by atoms with Crippen molar-refractivity contribution in [1.29, 1.82) is 0 Å². The third-order valence-electron chi connectivity index (χ3n) is 3.66. The van der Waals surface area contributed by atoms with Crippen molar-refractivity contribution in [2.75, 3.05) is 7.11 Å². The second kappa shape index (κ2) is 7.22. The molecule has 136 valence electrons. The standard InChI is InChI=1S/C17H15ClN2O4S2/c1-11-3-8-14-15(9-11)25-17(20(14)10-16(21)24-2)19-26(22,23)13-6-4-12(18)5-7-13/h3-9H,10H2,1-2H3. The second-order valence-electron chi connectivity index (χ2n) is 5.54. The molecule has 0 unspecified atom stereocenters. The molecule has 0 N–H and O–H groups in total. The number of carbonyl (C=O) groups excluding carboxylic acids is 1. The number of halogens is 1. The smallest absolute Gasteiger partial charge is 0.325 e. The van der Waals surface area contributed by atoms with E-state index in [0.717, 1.165) is 15.8 Å². The number of ether oxygens (including phenoxy) is 1. The number of nitrogens with zero attached hydrogens (tertiary/aromatic N) is 2. The summed E-state index contributed by atoms with van der Waals surface area (Å²) in [5, 5.41) is 0.432. The van der Waals surface area contributed by atoms with Gasteiger partial charge < -0.3 is 9.30 Å². The first kappa shape index (κ1) is 18.6. The Morgan fingerprint density at radius 3 is 2.58 bits per heavy atom. The summed E-state index contributed by atoms with van der Waals surface area (Å²) in [6, 6.07) is 11.4. The molecule has 0 bridgehead atoms. The molecule has 3 rings (SSSR count). The van der Waals surface area contributed by atoms with Crippen molar-refractivity contribution in [2.45, 2.75) is 18.4 Å². The quantitative estimate of drug-likeness (QED) is 0.619. The fraction of sp³-hybridized carbons (Fsp3) is 0.176. The highest BCUT2D eigenvalue weighted by Crippen LogP contribution is 2.21. The van der Waals surface area contributed by atoms with Crippen molar-refractivity contribution in [3.63, 3.8) is 0 Å². The van der Waals surface area contributed by atoms with Gasteiger partial charge in [0.05, 0.1) is 22.2 Å². The molecule has 1 heterocycles. The number of esters is 1. The maximum Gasteiger partial charge on any atom is 0.325 e. The van der Waals surface area contributed by atoms with E-state index in [1.165, 1.54) is 42.7 Å². The Bertz CT molecular complexity index is 1150. The monoisotopic (exact) mass is 410 g/mol. The van der Waals surface area contributed by atoms with Crippen molar-refractivity contribution >= 4 is 49.1 Å². The lowest BCUT2D eigenvalue weighted by molar-refractivity contribution is -0.141. The molecule has 6 nitrogen and oxygen atoms in total. The van der Waals surface area contributed by atoms with Crippen LogP contribution in [0.5, 0.6) is 0 Å². The van der Waals surface area contributed by atoms with Crippen molar-refractivity contribution in [3.8, 4) is 0 Å².